The zero-order chi connectivity index (χ0) is 11.7. The summed E-state index contributed by atoms with van der Waals surface area (Å²) in [5.41, 5.74) is 5.40. The first-order valence-corrected chi connectivity index (χ1v) is 6.37. The summed E-state index contributed by atoms with van der Waals surface area (Å²) < 4.78 is 0. The minimum Gasteiger partial charge on any atom is -0.369 e. The molecule has 15 heavy (non-hydrogen) atoms. The Morgan fingerprint density at radius 3 is 2.20 bits per heavy atom. The third kappa shape index (κ3) is 8.46. The molecule has 0 aliphatic carbocycles. The summed E-state index contributed by atoms with van der Waals surface area (Å²) in [4.78, 5) is 11.2. The van der Waals surface area contributed by atoms with Gasteiger partial charge in [0.05, 0.1) is 0 Å². The number of rotatable bonds is 9. The smallest absolute Gasteiger partial charge is 0.220 e. The van der Waals surface area contributed by atoms with Crippen molar-refractivity contribution in [2.45, 2.75) is 65.7 Å². The summed E-state index contributed by atoms with van der Waals surface area (Å²) in [5, 5.41) is 0. The molecule has 90 valence electrons. The van der Waals surface area contributed by atoms with Crippen LogP contribution >= 0.6 is 0 Å². The van der Waals surface area contributed by atoms with Gasteiger partial charge in [-0.25, -0.2) is 0 Å². The van der Waals surface area contributed by atoms with E-state index in [1.54, 1.807) is 0 Å². The summed E-state index contributed by atoms with van der Waals surface area (Å²) in [5.74, 6) is 0.680. The standard InChI is InChI=1S/C13H27NO/c1-4-5-6-7-8-12(13(14)15)10-9-11(2)3/h11-12H,4-10H2,1-3H3,(H2,14,15). The third-order valence-electron chi connectivity index (χ3n) is 2.90. The van der Waals surface area contributed by atoms with Crippen LogP contribution in [0.2, 0.25) is 0 Å². The molecule has 0 aliphatic rings. The lowest BCUT2D eigenvalue weighted by Gasteiger charge is -2.14. The van der Waals surface area contributed by atoms with E-state index in [1.165, 1.54) is 19.3 Å². The van der Waals surface area contributed by atoms with Gasteiger partial charge in [-0.3, -0.25) is 4.79 Å². The maximum absolute atomic E-state index is 11.2. The number of hydrogen-bond donors (Lipinski definition) is 1. The van der Waals surface area contributed by atoms with Gasteiger partial charge < -0.3 is 5.73 Å². The predicted molar refractivity (Wildman–Crippen MR) is 65.5 cm³/mol. The lowest BCUT2D eigenvalue weighted by atomic mass is 9.92. The SMILES string of the molecule is CCCCCCC(CCC(C)C)C(N)=O. The topological polar surface area (TPSA) is 43.1 Å². The molecule has 1 unspecified atom stereocenters. The average molecular weight is 213 g/mol. The number of amides is 1. The Morgan fingerprint density at radius 1 is 1.07 bits per heavy atom. The van der Waals surface area contributed by atoms with Crippen LogP contribution in [0.1, 0.15) is 65.7 Å². The Bertz CT molecular complexity index is 166. The number of unbranched alkanes of at least 4 members (excludes halogenated alkanes) is 3. The fourth-order valence-corrected chi connectivity index (χ4v) is 1.78. The first-order chi connectivity index (χ1) is 7.07. The monoisotopic (exact) mass is 213 g/mol. The molecule has 0 aromatic rings. The van der Waals surface area contributed by atoms with E-state index in [2.05, 4.69) is 20.8 Å². The minimum absolute atomic E-state index is 0.104. The van der Waals surface area contributed by atoms with Crippen molar-refractivity contribution in [3.05, 3.63) is 0 Å². The van der Waals surface area contributed by atoms with E-state index in [0.717, 1.165) is 25.7 Å². The summed E-state index contributed by atoms with van der Waals surface area (Å²) in [7, 11) is 0. The molecular formula is C13H27NO. The summed E-state index contributed by atoms with van der Waals surface area (Å²) in [6.07, 6.45) is 7.98. The minimum atomic E-state index is -0.104. The Hall–Kier alpha value is -0.530. The number of nitrogens with two attached hydrogens (primary N) is 1. The molecule has 0 saturated heterocycles. The third-order valence-corrected chi connectivity index (χ3v) is 2.90. The van der Waals surface area contributed by atoms with Gasteiger partial charge in [0.1, 0.15) is 0 Å². The van der Waals surface area contributed by atoms with Crippen LogP contribution in [0.25, 0.3) is 0 Å². The Labute approximate surface area is 94.6 Å². The molecule has 2 N–H and O–H groups in total. The molecule has 2 heteroatoms. The van der Waals surface area contributed by atoms with E-state index in [9.17, 15) is 4.79 Å². The van der Waals surface area contributed by atoms with Crippen molar-refractivity contribution in [2.75, 3.05) is 0 Å². The van der Waals surface area contributed by atoms with Gasteiger partial charge in [-0.05, 0) is 18.8 Å². The quantitative estimate of drug-likeness (QED) is 0.585. The molecule has 1 amide bonds. The number of primary amides is 1. The van der Waals surface area contributed by atoms with Gasteiger partial charge in [0.2, 0.25) is 5.91 Å². The van der Waals surface area contributed by atoms with Crippen molar-refractivity contribution >= 4 is 5.91 Å². The summed E-state index contributed by atoms with van der Waals surface area (Å²) in [6, 6.07) is 0. The van der Waals surface area contributed by atoms with Crippen LogP contribution in [0.3, 0.4) is 0 Å². The van der Waals surface area contributed by atoms with Crippen LogP contribution in [-0.4, -0.2) is 5.91 Å². The maximum Gasteiger partial charge on any atom is 0.220 e. The molecule has 2 nitrogen and oxygen atoms in total. The average Bonchev–Trinajstić information content (AvgIpc) is 2.15. The van der Waals surface area contributed by atoms with Crippen molar-refractivity contribution in [1.82, 2.24) is 0 Å². The Balaban J connectivity index is 3.69. The highest BCUT2D eigenvalue weighted by atomic mass is 16.1. The van der Waals surface area contributed by atoms with Gasteiger partial charge in [0, 0.05) is 5.92 Å². The van der Waals surface area contributed by atoms with Gasteiger partial charge >= 0.3 is 0 Å². The highest BCUT2D eigenvalue weighted by Gasteiger charge is 2.14. The van der Waals surface area contributed by atoms with Crippen molar-refractivity contribution in [3.8, 4) is 0 Å². The van der Waals surface area contributed by atoms with Crippen LogP contribution in [0.15, 0.2) is 0 Å². The number of hydrogen-bond acceptors (Lipinski definition) is 1. The highest BCUT2D eigenvalue weighted by Crippen LogP contribution is 2.18. The summed E-state index contributed by atoms with van der Waals surface area (Å²) >= 11 is 0. The van der Waals surface area contributed by atoms with E-state index in [-0.39, 0.29) is 11.8 Å². The zero-order valence-electron chi connectivity index (χ0n) is 10.6. The van der Waals surface area contributed by atoms with Gasteiger partial charge in [0.25, 0.3) is 0 Å². The molecule has 0 saturated carbocycles. The normalized spacial score (nSPS) is 13.1. The molecule has 0 aliphatic heterocycles. The predicted octanol–water partition coefficient (Wildman–Crippen LogP) is 3.49. The first-order valence-electron chi connectivity index (χ1n) is 6.37. The zero-order valence-corrected chi connectivity index (χ0v) is 10.6. The van der Waals surface area contributed by atoms with Gasteiger partial charge in [0.15, 0.2) is 0 Å². The van der Waals surface area contributed by atoms with Gasteiger partial charge in [-0.1, -0.05) is 52.9 Å². The molecule has 0 bridgehead atoms. The van der Waals surface area contributed by atoms with Crippen molar-refractivity contribution in [1.29, 1.82) is 0 Å². The Kier molecular flexibility index (Phi) is 8.44. The van der Waals surface area contributed by atoms with Crippen molar-refractivity contribution in [3.63, 3.8) is 0 Å². The molecule has 0 aromatic carbocycles. The highest BCUT2D eigenvalue weighted by molar-refractivity contribution is 5.76. The first kappa shape index (κ1) is 14.5. The lowest BCUT2D eigenvalue weighted by Crippen LogP contribution is -2.23. The van der Waals surface area contributed by atoms with Crippen LogP contribution in [0.4, 0.5) is 0 Å². The van der Waals surface area contributed by atoms with E-state index < -0.39 is 0 Å². The molecule has 0 radical (unpaired) electrons. The van der Waals surface area contributed by atoms with Crippen LogP contribution < -0.4 is 5.73 Å². The molecule has 0 rings (SSSR count). The van der Waals surface area contributed by atoms with E-state index in [4.69, 9.17) is 5.73 Å². The van der Waals surface area contributed by atoms with E-state index >= 15 is 0 Å². The van der Waals surface area contributed by atoms with Crippen LogP contribution in [0.5, 0.6) is 0 Å². The molecule has 0 heterocycles. The fraction of sp³-hybridized carbons (Fsp3) is 0.923. The largest absolute Gasteiger partial charge is 0.369 e. The molecular weight excluding hydrogens is 186 g/mol. The van der Waals surface area contributed by atoms with Crippen molar-refractivity contribution in [2.24, 2.45) is 17.6 Å². The lowest BCUT2D eigenvalue weighted by molar-refractivity contribution is -0.122. The second-order valence-corrected chi connectivity index (χ2v) is 4.92. The second-order valence-electron chi connectivity index (χ2n) is 4.92. The molecule has 1 atom stereocenters. The number of carbonyl (C=O) groups excluding carboxylic acids is 1. The van der Waals surface area contributed by atoms with Crippen LogP contribution in [0, 0.1) is 11.8 Å². The fourth-order valence-electron chi connectivity index (χ4n) is 1.78. The molecule has 0 spiro atoms. The van der Waals surface area contributed by atoms with E-state index in [1.807, 2.05) is 0 Å². The second kappa shape index (κ2) is 8.75. The molecule has 0 fully saturated rings. The van der Waals surface area contributed by atoms with Crippen LogP contribution in [-0.2, 0) is 4.79 Å². The summed E-state index contributed by atoms with van der Waals surface area (Å²) in [6.45, 7) is 6.58. The maximum atomic E-state index is 11.2. The Morgan fingerprint density at radius 2 is 1.73 bits per heavy atom. The van der Waals surface area contributed by atoms with Crippen molar-refractivity contribution < 1.29 is 4.79 Å². The number of carbonyl (C=O) groups is 1. The van der Waals surface area contributed by atoms with Gasteiger partial charge in [-0.15, -0.1) is 0 Å². The van der Waals surface area contributed by atoms with E-state index in [0.29, 0.717) is 5.92 Å². The molecule has 0 aromatic heterocycles. The van der Waals surface area contributed by atoms with Gasteiger partial charge in [-0.2, -0.15) is 0 Å².